The van der Waals surface area contributed by atoms with Crippen LogP contribution in [-0.2, 0) is 11.0 Å². The standard InChI is InChI=1S/C23H24Cl2F4N4O4/c1-22(2,26)11-32(10-17(34)18-15(24)8-30-9-16(18)25)20(35)14-7-31-33(19(14)23(27,28)29)13-5-3-12(4-6-13)21(36)37/h7-9,12-13H,3-6,10-11H2,1-2H3,(H,36,37). The fraction of sp³-hybridized carbons (Fsp3) is 0.522. The van der Waals surface area contributed by atoms with Gasteiger partial charge in [-0.05, 0) is 39.5 Å². The Bertz CT molecular complexity index is 1170. The molecule has 1 amide bonds. The van der Waals surface area contributed by atoms with Crippen LogP contribution in [0.2, 0.25) is 10.0 Å². The average molecular weight is 567 g/mol. The molecule has 1 fully saturated rings. The second-order valence-electron chi connectivity index (χ2n) is 9.47. The van der Waals surface area contributed by atoms with Crippen molar-refractivity contribution in [3.05, 3.63) is 45.5 Å². The van der Waals surface area contributed by atoms with Crippen molar-refractivity contribution in [2.75, 3.05) is 13.1 Å². The first-order valence-corrected chi connectivity index (χ1v) is 12.0. The second kappa shape index (κ2) is 10.9. The molecule has 1 aliphatic rings. The van der Waals surface area contributed by atoms with Crippen molar-refractivity contribution < 1.29 is 37.1 Å². The third-order valence-electron chi connectivity index (χ3n) is 6.01. The van der Waals surface area contributed by atoms with Gasteiger partial charge in [-0.3, -0.25) is 24.0 Å². The van der Waals surface area contributed by atoms with E-state index in [2.05, 4.69) is 10.1 Å². The minimum Gasteiger partial charge on any atom is -0.481 e. The molecule has 0 spiro atoms. The molecular formula is C23H24Cl2F4N4O4. The van der Waals surface area contributed by atoms with Crippen LogP contribution in [-0.4, -0.2) is 61.2 Å². The van der Waals surface area contributed by atoms with Crippen LogP contribution >= 0.6 is 23.2 Å². The SMILES string of the molecule is CC(C)(F)CN(CC(=O)c1c(Cl)cncc1Cl)C(=O)c1cnn(C2CCC(C(=O)O)CC2)c1C(F)(F)F. The number of nitrogens with zero attached hydrogens (tertiary/aromatic N) is 4. The Morgan fingerprint density at radius 2 is 1.62 bits per heavy atom. The Kier molecular flexibility index (Phi) is 8.53. The predicted molar refractivity (Wildman–Crippen MR) is 126 cm³/mol. The van der Waals surface area contributed by atoms with Crippen molar-refractivity contribution in [3.8, 4) is 0 Å². The molecule has 2 aromatic rings. The maximum absolute atomic E-state index is 14.6. The highest BCUT2D eigenvalue weighted by Crippen LogP contribution is 2.39. The number of carboxylic acids is 1. The molecule has 2 aromatic heterocycles. The number of hydrogen-bond donors (Lipinski definition) is 1. The van der Waals surface area contributed by atoms with Crippen molar-refractivity contribution in [3.63, 3.8) is 0 Å². The molecule has 0 unspecified atom stereocenters. The van der Waals surface area contributed by atoms with Gasteiger partial charge in [-0.25, -0.2) is 4.39 Å². The van der Waals surface area contributed by atoms with Crippen molar-refractivity contribution in [2.24, 2.45) is 5.92 Å². The molecule has 1 N–H and O–H groups in total. The summed E-state index contributed by atoms with van der Waals surface area (Å²) in [6.45, 7) is 0.713. The van der Waals surface area contributed by atoms with E-state index < -0.39 is 65.8 Å². The van der Waals surface area contributed by atoms with E-state index in [0.717, 1.165) is 32.4 Å². The molecule has 8 nitrogen and oxygen atoms in total. The third-order valence-corrected chi connectivity index (χ3v) is 6.58. The zero-order chi connectivity index (χ0) is 27.7. The average Bonchev–Trinajstić information content (AvgIpc) is 3.23. The molecule has 0 saturated heterocycles. The molecule has 2 heterocycles. The van der Waals surface area contributed by atoms with Crippen LogP contribution in [0.3, 0.4) is 0 Å². The number of alkyl halides is 4. The number of carbonyl (C=O) groups is 3. The van der Waals surface area contributed by atoms with Crippen molar-refractivity contribution in [1.82, 2.24) is 19.7 Å². The van der Waals surface area contributed by atoms with Crippen LogP contribution in [0.4, 0.5) is 17.6 Å². The predicted octanol–water partition coefficient (Wildman–Crippen LogP) is 5.49. The summed E-state index contributed by atoms with van der Waals surface area (Å²) in [5.41, 5.74) is -4.46. The third kappa shape index (κ3) is 6.78. The minimum absolute atomic E-state index is 0.119. The molecule has 1 saturated carbocycles. The number of aliphatic carboxylic acids is 1. The summed E-state index contributed by atoms with van der Waals surface area (Å²) in [5, 5.41) is 12.7. The van der Waals surface area contributed by atoms with Gasteiger partial charge in [0.15, 0.2) is 11.5 Å². The Hall–Kier alpha value is -2.73. The van der Waals surface area contributed by atoms with Gasteiger partial charge in [0.2, 0.25) is 0 Å². The number of rotatable bonds is 8. The molecule has 0 bridgehead atoms. The van der Waals surface area contributed by atoms with Crippen LogP contribution in [0.1, 0.15) is 72.0 Å². The van der Waals surface area contributed by atoms with E-state index >= 15 is 0 Å². The molecule has 0 aliphatic heterocycles. The maximum atomic E-state index is 14.6. The summed E-state index contributed by atoms with van der Waals surface area (Å²) < 4.78 is 57.8. The molecule has 37 heavy (non-hydrogen) atoms. The van der Waals surface area contributed by atoms with Crippen molar-refractivity contribution in [1.29, 1.82) is 0 Å². The van der Waals surface area contributed by atoms with E-state index in [1.807, 2.05) is 0 Å². The molecule has 0 atom stereocenters. The summed E-state index contributed by atoms with van der Waals surface area (Å²) in [6.07, 6.45) is -1.45. The molecule has 0 radical (unpaired) electrons. The number of pyridine rings is 1. The lowest BCUT2D eigenvalue weighted by Gasteiger charge is -2.29. The zero-order valence-corrected chi connectivity index (χ0v) is 21.4. The fourth-order valence-corrected chi connectivity index (χ4v) is 4.97. The lowest BCUT2D eigenvalue weighted by molar-refractivity contribution is -0.147. The number of halogens is 6. The van der Waals surface area contributed by atoms with Gasteiger partial charge in [0, 0.05) is 12.4 Å². The number of Topliss-reactive ketones (excluding diaryl/α,β-unsaturated/α-hetero) is 1. The number of amides is 1. The van der Waals surface area contributed by atoms with E-state index in [9.17, 15) is 31.9 Å². The number of carboxylic acid groups (broad SMARTS) is 1. The quantitative estimate of drug-likeness (QED) is 0.334. The number of ketones is 1. The van der Waals surface area contributed by atoms with Crippen LogP contribution in [0.5, 0.6) is 0 Å². The van der Waals surface area contributed by atoms with Crippen LogP contribution in [0, 0.1) is 5.92 Å². The van der Waals surface area contributed by atoms with E-state index in [1.54, 1.807) is 0 Å². The largest absolute Gasteiger partial charge is 0.481 e. The second-order valence-corrected chi connectivity index (χ2v) is 10.3. The fourth-order valence-electron chi connectivity index (χ4n) is 4.40. The zero-order valence-electron chi connectivity index (χ0n) is 19.9. The van der Waals surface area contributed by atoms with Crippen LogP contribution < -0.4 is 0 Å². The molecule has 202 valence electrons. The molecule has 1 aliphatic carbocycles. The number of hydrogen-bond acceptors (Lipinski definition) is 5. The van der Waals surface area contributed by atoms with Gasteiger partial charge in [-0.1, -0.05) is 23.2 Å². The van der Waals surface area contributed by atoms with Crippen molar-refractivity contribution in [2.45, 2.75) is 57.4 Å². The topological polar surface area (TPSA) is 105 Å². The first-order valence-electron chi connectivity index (χ1n) is 11.3. The smallest absolute Gasteiger partial charge is 0.433 e. The minimum atomic E-state index is -5.01. The first-order chi connectivity index (χ1) is 17.1. The van der Waals surface area contributed by atoms with E-state index in [-0.39, 0.29) is 41.3 Å². The lowest BCUT2D eigenvalue weighted by atomic mass is 9.86. The van der Waals surface area contributed by atoms with Crippen LogP contribution in [0.15, 0.2) is 18.6 Å². The van der Waals surface area contributed by atoms with Gasteiger partial charge in [0.25, 0.3) is 5.91 Å². The van der Waals surface area contributed by atoms with E-state index in [1.165, 1.54) is 0 Å². The Morgan fingerprint density at radius 1 is 1.05 bits per heavy atom. The summed E-state index contributed by atoms with van der Waals surface area (Å²) >= 11 is 12.0. The lowest BCUT2D eigenvalue weighted by Crippen LogP contribution is -2.43. The maximum Gasteiger partial charge on any atom is 0.433 e. The summed E-state index contributed by atoms with van der Waals surface area (Å²) in [6, 6.07) is -0.782. The number of aromatic nitrogens is 3. The van der Waals surface area contributed by atoms with Gasteiger partial charge in [-0.2, -0.15) is 18.3 Å². The highest BCUT2D eigenvalue weighted by Gasteiger charge is 2.44. The monoisotopic (exact) mass is 566 g/mol. The molecule has 3 rings (SSSR count). The highest BCUT2D eigenvalue weighted by molar-refractivity contribution is 6.39. The van der Waals surface area contributed by atoms with E-state index in [4.69, 9.17) is 28.3 Å². The number of carbonyl (C=O) groups excluding carboxylic acids is 2. The summed E-state index contributed by atoms with van der Waals surface area (Å²) in [4.78, 5) is 41.9. The Morgan fingerprint density at radius 3 is 2.11 bits per heavy atom. The summed E-state index contributed by atoms with van der Waals surface area (Å²) in [5.74, 6) is -3.75. The Labute approximate surface area is 219 Å². The Balaban J connectivity index is 1.97. The van der Waals surface area contributed by atoms with Gasteiger partial charge >= 0.3 is 12.1 Å². The van der Waals surface area contributed by atoms with Gasteiger partial charge in [-0.15, -0.1) is 0 Å². The van der Waals surface area contributed by atoms with Gasteiger partial charge in [0.05, 0.1) is 52.4 Å². The van der Waals surface area contributed by atoms with Crippen molar-refractivity contribution >= 4 is 40.9 Å². The highest BCUT2D eigenvalue weighted by atomic mass is 35.5. The van der Waals surface area contributed by atoms with Crippen LogP contribution in [0.25, 0.3) is 0 Å². The molecule has 0 aromatic carbocycles. The summed E-state index contributed by atoms with van der Waals surface area (Å²) in [7, 11) is 0. The van der Waals surface area contributed by atoms with E-state index in [0.29, 0.717) is 9.58 Å². The van der Waals surface area contributed by atoms with Gasteiger partial charge < -0.3 is 10.0 Å². The first kappa shape index (κ1) is 28.8. The molecule has 14 heteroatoms. The normalized spacial score (nSPS) is 18.5. The molecular weight excluding hydrogens is 543 g/mol. The van der Waals surface area contributed by atoms with Gasteiger partial charge in [0.1, 0.15) is 5.67 Å².